The van der Waals surface area contributed by atoms with Crippen LogP contribution in [-0.4, -0.2) is 30.5 Å². The zero-order valence-electron chi connectivity index (χ0n) is 14.8. The maximum Gasteiger partial charge on any atom is 0.275 e. The minimum atomic E-state index is 0.166. The molecule has 0 spiro atoms. The smallest absolute Gasteiger partial charge is 0.275 e. The van der Waals surface area contributed by atoms with Crippen molar-refractivity contribution in [1.29, 1.82) is 0 Å². The molecule has 1 aromatic heterocycles. The summed E-state index contributed by atoms with van der Waals surface area (Å²) in [7, 11) is 2.08. The monoisotopic (exact) mass is 346 g/mol. The summed E-state index contributed by atoms with van der Waals surface area (Å²) in [5.41, 5.74) is 1.05. The molecule has 1 aromatic carbocycles. The van der Waals surface area contributed by atoms with E-state index in [9.17, 15) is 4.79 Å². The average molecular weight is 347 g/mol. The van der Waals surface area contributed by atoms with E-state index < -0.39 is 0 Å². The maximum atomic E-state index is 12.4. The van der Waals surface area contributed by atoms with E-state index in [2.05, 4.69) is 38.3 Å². The molecule has 1 fully saturated rings. The zero-order valence-corrected chi connectivity index (χ0v) is 15.7. The Morgan fingerprint density at radius 3 is 2.88 bits per heavy atom. The van der Waals surface area contributed by atoms with E-state index in [1.54, 1.807) is 11.3 Å². The van der Waals surface area contributed by atoms with Gasteiger partial charge in [0.1, 0.15) is 6.04 Å². The number of nitrogens with one attached hydrogen (secondary N) is 2. The molecule has 1 aliphatic carbocycles. The number of hydrogen-bond donors (Lipinski definition) is 2. The van der Waals surface area contributed by atoms with Crippen LogP contribution in [0.3, 0.4) is 0 Å². The number of benzene rings is 1. The van der Waals surface area contributed by atoms with E-state index in [0.29, 0.717) is 18.5 Å². The van der Waals surface area contributed by atoms with Gasteiger partial charge in [0.15, 0.2) is 11.6 Å². The van der Waals surface area contributed by atoms with Crippen LogP contribution >= 0.6 is 11.3 Å². The SMILES string of the molecule is C[C@H]1CCCC[C@@H]1NC(=O)C[NH+](C)[C@@H](C)c1nc2ccccc2s1. The van der Waals surface area contributed by atoms with E-state index >= 15 is 0 Å². The van der Waals surface area contributed by atoms with Gasteiger partial charge in [-0.3, -0.25) is 4.79 Å². The fourth-order valence-corrected chi connectivity index (χ4v) is 4.59. The van der Waals surface area contributed by atoms with Gasteiger partial charge in [-0.25, -0.2) is 4.98 Å². The zero-order chi connectivity index (χ0) is 17.1. The van der Waals surface area contributed by atoms with Crippen molar-refractivity contribution >= 4 is 27.5 Å². The Bertz CT molecular complexity index is 666. The third-order valence-electron chi connectivity index (χ3n) is 5.32. The number of quaternary nitrogens is 1. The highest BCUT2D eigenvalue weighted by atomic mass is 32.1. The lowest BCUT2D eigenvalue weighted by atomic mass is 9.86. The van der Waals surface area contributed by atoms with Crippen molar-refractivity contribution in [2.45, 2.75) is 51.6 Å². The second kappa shape index (κ2) is 7.62. The molecule has 1 heterocycles. The molecule has 1 amide bonds. The van der Waals surface area contributed by atoms with Crippen LogP contribution in [0.2, 0.25) is 0 Å². The van der Waals surface area contributed by atoms with Crippen LogP contribution in [0, 0.1) is 5.92 Å². The second-order valence-corrected chi connectivity index (χ2v) is 8.26. The summed E-state index contributed by atoms with van der Waals surface area (Å²) in [5.74, 6) is 0.768. The van der Waals surface area contributed by atoms with Crippen molar-refractivity contribution in [1.82, 2.24) is 10.3 Å². The first-order valence-corrected chi connectivity index (χ1v) is 9.83. The van der Waals surface area contributed by atoms with E-state index in [1.807, 2.05) is 12.1 Å². The predicted molar refractivity (Wildman–Crippen MR) is 99.4 cm³/mol. The molecule has 0 saturated heterocycles. The number of hydrogen-bond acceptors (Lipinski definition) is 3. The summed E-state index contributed by atoms with van der Waals surface area (Å²) in [6, 6.07) is 8.80. The summed E-state index contributed by atoms with van der Waals surface area (Å²) in [4.78, 5) is 18.4. The lowest BCUT2D eigenvalue weighted by Gasteiger charge is -2.30. The van der Waals surface area contributed by atoms with E-state index in [-0.39, 0.29) is 11.9 Å². The number of amides is 1. The molecular weight excluding hydrogens is 318 g/mol. The number of carbonyl (C=O) groups excluding carboxylic acids is 1. The second-order valence-electron chi connectivity index (χ2n) is 7.20. The first-order valence-electron chi connectivity index (χ1n) is 9.01. The van der Waals surface area contributed by atoms with Crippen molar-refractivity contribution in [3.8, 4) is 0 Å². The standard InChI is InChI=1S/C19H27N3OS/c1-13-8-4-5-9-15(13)20-18(23)12-22(3)14(2)19-21-16-10-6-7-11-17(16)24-19/h6-7,10-11,13-15H,4-5,8-9,12H2,1-3H3,(H,20,23)/p+1/t13-,14-,15-/m0/s1. The van der Waals surface area contributed by atoms with Crippen LogP contribution in [0.5, 0.6) is 0 Å². The van der Waals surface area contributed by atoms with Crippen molar-refractivity contribution < 1.29 is 9.69 Å². The molecule has 2 aromatic rings. The average Bonchev–Trinajstić information content (AvgIpc) is 3.00. The summed E-state index contributed by atoms with van der Waals surface area (Å²) < 4.78 is 1.22. The van der Waals surface area contributed by atoms with Crippen LogP contribution in [0.4, 0.5) is 0 Å². The lowest BCUT2D eigenvalue weighted by molar-refractivity contribution is -0.902. The number of para-hydroxylation sites is 1. The molecule has 24 heavy (non-hydrogen) atoms. The summed E-state index contributed by atoms with van der Waals surface area (Å²) in [5, 5.41) is 4.36. The van der Waals surface area contributed by atoms with Crippen molar-refractivity contribution in [3.63, 3.8) is 0 Å². The summed E-state index contributed by atoms with van der Waals surface area (Å²) in [6.07, 6.45) is 4.89. The van der Waals surface area contributed by atoms with Crippen LogP contribution < -0.4 is 10.2 Å². The molecule has 4 nitrogen and oxygen atoms in total. The minimum Gasteiger partial charge on any atom is -0.348 e. The van der Waals surface area contributed by atoms with E-state index in [0.717, 1.165) is 16.9 Å². The fourth-order valence-electron chi connectivity index (χ4n) is 3.48. The molecule has 0 aliphatic heterocycles. The van der Waals surface area contributed by atoms with Crippen LogP contribution in [0.15, 0.2) is 24.3 Å². The third-order valence-corrected chi connectivity index (χ3v) is 6.54. The van der Waals surface area contributed by atoms with Gasteiger partial charge in [-0.15, -0.1) is 11.3 Å². The Morgan fingerprint density at radius 2 is 2.12 bits per heavy atom. The molecule has 5 heteroatoms. The Morgan fingerprint density at radius 1 is 1.38 bits per heavy atom. The highest BCUT2D eigenvalue weighted by Crippen LogP contribution is 2.25. The van der Waals surface area contributed by atoms with Gasteiger partial charge in [-0.05, 0) is 37.8 Å². The summed E-state index contributed by atoms with van der Waals surface area (Å²) in [6.45, 7) is 4.91. The Hall–Kier alpha value is -1.46. The van der Waals surface area contributed by atoms with Gasteiger partial charge in [0.25, 0.3) is 5.91 Å². The molecule has 1 unspecified atom stereocenters. The largest absolute Gasteiger partial charge is 0.348 e. The molecule has 0 radical (unpaired) electrons. The third kappa shape index (κ3) is 3.95. The van der Waals surface area contributed by atoms with Crippen molar-refractivity contribution in [2.24, 2.45) is 5.92 Å². The molecule has 2 N–H and O–H groups in total. The van der Waals surface area contributed by atoms with Gasteiger partial charge in [-0.2, -0.15) is 0 Å². The molecule has 1 saturated carbocycles. The van der Waals surface area contributed by atoms with Crippen molar-refractivity contribution in [3.05, 3.63) is 29.3 Å². The van der Waals surface area contributed by atoms with Gasteiger partial charge >= 0.3 is 0 Å². The highest BCUT2D eigenvalue weighted by Gasteiger charge is 2.26. The Labute approximate surface area is 148 Å². The molecular formula is C19H28N3OS+. The molecule has 1 aliphatic rings. The Kier molecular flexibility index (Phi) is 5.51. The number of aromatic nitrogens is 1. The van der Waals surface area contributed by atoms with Gasteiger partial charge in [0.05, 0.1) is 17.3 Å². The molecule has 0 bridgehead atoms. The van der Waals surface area contributed by atoms with E-state index in [4.69, 9.17) is 4.98 Å². The minimum absolute atomic E-state index is 0.166. The van der Waals surface area contributed by atoms with Crippen LogP contribution in [0.1, 0.15) is 50.6 Å². The first kappa shape index (κ1) is 17.4. The van der Waals surface area contributed by atoms with Gasteiger partial charge in [-0.1, -0.05) is 31.9 Å². The number of nitrogens with zero attached hydrogens (tertiary/aromatic N) is 1. The number of fused-ring (bicyclic) bond motifs is 1. The number of thiazole rings is 1. The first-order chi connectivity index (χ1) is 11.5. The van der Waals surface area contributed by atoms with Crippen LogP contribution in [0.25, 0.3) is 10.2 Å². The van der Waals surface area contributed by atoms with Crippen molar-refractivity contribution in [2.75, 3.05) is 13.6 Å². The predicted octanol–water partition coefficient (Wildman–Crippen LogP) is 2.57. The van der Waals surface area contributed by atoms with E-state index in [1.165, 1.54) is 28.9 Å². The van der Waals surface area contributed by atoms with Gasteiger partial charge in [0, 0.05) is 6.04 Å². The topological polar surface area (TPSA) is 46.4 Å². The van der Waals surface area contributed by atoms with Gasteiger partial charge in [0.2, 0.25) is 0 Å². The summed E-state index contributed by atoms with van der Waals surface area (Å²) >= 11 is 1.73. The van der Waals surface area contributed by atoms with Gasteiger partial charge < -0.3 is 10.2 Å². The molecule has 130 valence electrons. The highest BCUT2D eigenvalue weighted by molar-refractivity contribution is 7.18. The molecule has 3 rings (SSSR count). The molecule has 4 atom stereocenters. The lowest BCUT2D eigenvalue weighted by Crippen LogP contribution is -3.10. The number of likely N-dealkylation sites (N-methyl/N-ethyl adjacent to an activating group) is 1. The fraction of sp³-hybridized carbons (Fsp3) is 0.579. The number of rotatable bonds is 5. The normalized spacial score (nSPS) is 23.8. The maximum absolute atomic E-state index is 12.4. The quantitative estimate of drug-likeness (QED) is 0.874. The number of carbonyl (C=O) groups is 1. The van der Waals surface area contributed by atoms with Crippen LogP contribution in [-0.2, 0) is 4.79 Å². The Balaban J connectivity index is 1.58.